The van der Waals surface area contributed by atoms with Crippen LogP contribution in [0.3, 0.4) is 0 Å². The minimum atomic E-state index is 0.0269. The van der Waals surface area contributed by atoms with Crippen LogP contribution in [-0.4, -0.2) is 38.7 Å². The highest BCUT2D eigenvalue weighted by molar-refractivity contribution is 8.00. The fourth-order valence-corrected chi connectivity index (χ4v) is 9.55. The minimum absolute atomic E-state index is 0.0269. The largest absolute Gasteiger partial charge is 0.341 e. The van der Waals surface area contributed by atoms with E-state index in [4.69, 9.17) is 0 Å². The number of pyridine rings is 1. The Bertz CT molecular complexity index is 1010. The van der Waals surface area contributed by atoms with Crippen LogP contribution in [0.1, 0.15) is 54.9 Å². The lowest BCUT2D eigenvalue weighted by Gasteiger charge is -2.40. The lowest BCUT2D eigenvalue weighted by molar-refractivity contribution is -0.132. The number of likely N-dealkylation sites (tertiary alicyclic amines) is 1. The first kappa shape index (κ1) is 19.1. The molecule has 3 fully saturated rings. The van der Waals surface area contributed by atoms with Gasteiger partial charge in [0.1, 0.15) is 6.54 Å². The molecule has 4 aliphatic rings. The molecule has 2 aromatic heterocycles. The first-order chi connectivity index (χ1) is 14.7. The molecular weight excluding hydrogens is 414 g/mol. The second kappa shape index (κ2) is 7.52. The van der Waals surface area contributed by atoms with Gasteiger partial charge in [-0.2, -0.15) is 0 Å². The average Bonchev–Trinajstić information content (AvgIpc) is 3.48. The van der Waals surface area contributed by atoms with Crippen molar-refractivity contribution in [3.05, 3.63) is 44.6 Å². The fourth-order valence-electron chi connectivity index (χ4n) is 6.40. The lowest BCUT2D eigenvalue weighted by Crippen LogP contribution is -2.39. The Balaban J connectivity index is 1.40. The predicted octanol–water partition coefficient (Wildman–Crippen LogP) is 3.97. The van der Waals surface area contributed by atoms with Gasteiger partial charge < -0.3 is 4.90 Å². The van der Waals surface area contributed by atoms with E-state index in [1.165, 1.54) is 47.5 Å². The summed E-state index contributed by atoms with van der Waals surface area (Å²) in [6, 6.07) is 4.19. The molecule has 1 saturated heterocycles. The number of amides is 1. The molecule has 0 N–H and O–H groups in total. The highest BCUT2D eigenvalue weighted by Gasteiger charge is 2.55. The Kier molecular flexibility index (Phi) is 4.79. The Morgan fingerprint density at radius 3 is 2.80 bits per heavy atom. The molecule has 0 radical (unpaired) electrons. The van der Waals surface area contributed by atoms with Gasteiger partial charge in [-0.05, 0) is 67.9 Å². The third-order valence-electron chi connectivity index (χ3n) is 7.74. The van der Waals surface area contributed by atoms with Gasteiger partial charge in [0.25, 0.3) is 0 Å². The first-order valence-corrected chi connectivity index (χ1v) is 13.0. The molecule has 0 aromatic carbocycles. The number of thioether (sulfide) groups is 1. The molecule has 6 rings (SSSR count). The highest BCUT2D eigenvalue weighted by atomic mass is 32.2. The highest BCUT2D eigenvalue weighted by Crippen LogP contribution is 2.63. The molecule has 2 aromatic rings. The monoisotopic (exact) mass is 441 g/mol. The summed E-state index contributed by atoms with van der Waals surface area (Å²) in [7, 11) is 0. The van der Waals surface area contributed by atoms with E-state index < -0.39 is 0 Å². The van der Waals surface area contributed by atoms with Crippen LogP contribution in [0.4, 0.5) is 0 Å². The number of fused-ring (bicyclic) bond motifs is 6. The van der Waals surface area contributed by atoms with Gasteiger partial charge in [-0.1, -0.05) is 17.4 Å². The molecule has 5 atom stereocenters. The van der Waals surface area contributed by atoms with Crippen LogP contribution in [0.5, 0.6) is 0 Å². The summed E-state index contributed by atoms with van der Waals surface area (Å²) in [6.45, 7) is 1.86. The van der Waals surface area contributed by atoms with E-state index in [-0.39, 0.29) is 23.2 Å². The van der Waals surface area contributed by atoms with Crippen molar-refractivity contribution in [2.45, 2.75) is 61.3 Å². The molecule has 7 heteroatoms. The van der Waals surface area contributed by atoms with Crippen LogP contribution in [-0.2, 0) is 11.3 Å². The third-order valence-corrected chi connectivity index (χ3v) is 10.6. The normalized spacial score (nSPS) is 32.1. The number of aromatic nitrogens is 2. The van der Waals surface area contributed by atoms with E-state index >= 15 is 0 Å². The molecule has 2 aliphatic carbocycles. The quantitative estimate of drug-likeness (QED) is 0.723. The zero-order valence-corrected chi connectivity index (χ0v) is 18.7. The number of hydrogen-bond donors (Lipinski definition) is 0. The minimum Gasteiger partial charge on any atom is -0.341 e. The van der Waals surface area contributed by atoms with E-state index in [2.05, 4.69) is 11.1 Å². The molecule has 5 nitrogen and oxygen atoms in total. The van der Waals surface area contributed by atoms with Crippen LogP contribution < -0.4 is 4.87 Å². The van der Waals surface area contributed by atoms with Crippen LogP contribution in [0.25, 0.3) is 0 Å². The number of carbonyl (C=O) groups excluding carboxylic acids is 1. The van der Waals surface area contributed by atoms with Crippen molar-refractivity contribution in [2.75, 3.05) is 13.1 Å². The molecule has 158 valence electrons. The second-order valence-corrected chi connectivity index (χ2v) is 11.5. The van der Waals surface area contributed by atoms with Crippen molar-refractivity contribution in [1.29, 1.82) is 0 Å². The third kappa shape index (κ3) is 3.00. The van der Waals surface area contributed by atoms with Crippen LogP contribution >= 0.6 is 23.1 Å². The summed E-state index contributed by atoms with van der Waals surface area (Å²) >= 11 is 3.28. The Morgan fingerprint density at radius 1 is 1.17 bits per heavy atom. The number of piperidine rings is 1. The average molecular weight is 442 g/mol. The maximum atomic E-state index is 13.1. The molecule has 2 saturated carbocycles. The van der Waals surface area contributed by atoms with Gasteiger partial charge in [0.2, 0.25) is 5.91 Å². The van der Waals surface area contributed by atoms with Crippen molar-refractivity contribution >= 4 is 29.0 Å². The SMILES string of the molecule is O=C(Cn1c2c(sc1=O)[C@@H](c1cccnc1)C1C3CCC(C3)C1S2)N1CCCCC1. The number of rotatable bonds is 3. The summed E-state index contributed by atoms with van der Waals surface area (Å²) in [6.07, 6.45) is 11.1. The summed E-state index contributed by atoms with van der Waals surface area (Å²) in [5.41, 5.74) is 1.23. The Hall–Kier alpha value is -1.60. The van der Waals surface area contributed by atoms with E-state index in [9.17, 15) is 9.59 Å². The standard InChI is InChI=1S/C23H27N3O2S2/c27-17(25-9-2-1-3-10-25)13-26-22-21(30-23(26)28)19(16-5-4-8-24-12-16)18-14-6-7-15(11-14)20(18)29-22/h4-5,8,12,14-15,18-20H,1-3,6-7,9-11,13H2/t14?,15?,18?,19-,20?/m0/s1. The first-order valence-electron chi connectivity index (χ1n) is 11.3. The lowest BCUT2D eigenvalue weighted by atomic mass is 9.75. The molecule has 4 heterocycles. The molecule has 30 heavy (non-hydrogen) atoms. The van der Waals surface area contributed by atoms with E-state index in [1.807, 2.05) is 35.1 Å². The molecule has 2 bridgehead atoms. The van der Waals surface area contributed by atoms with Gasteiger partial charge in [-0.25, -0.2) is 0 Å². The van der Waals surface area contributed by atoms with Gasteiger partial charge in [0.15, 0.2) is 0 Å². The van der Waals surface area contributed by atoms with Crippen molar-refractivity contribution in [2.24, 2.45) is 17.8 Å². The van der Waals surface area contributed by atoms with Gasteiger partial charge in [0, 0.05) is 41.5 Å². The van der Waals surface area contributed by atoms with Crippen LogP contribution in [0.15, 0.2) is 34.3 Å². The maximum Gasteiger partial charge on any atom is 0.308 e. The van der Waals surface area contributed by atoms with Crippen molar-refractivity contribution in [1.82, 2.24) is 14.5 Å². The predicted molar refractivity (Wildman–Crippen MR) is 119 cm³/mol. The van der Waals surface area contributed by atoms with E-state index in [1.54, 1.807) is 4.57 Å². The smallest absolute Gasteiger partial charge is 0.308 e. The number of hydrogen-bond acceptors (Lipinski definition) is 5. The maximum absolute atomic E-state index is 13.1. The fraction of sp³-hybridized carbons (Fsp3) is 0.609. The zero-order chi connectivity index (χ0) is 20.2. The van der Waals surface area contributed by atoms with Crippen molar-refractivity contribution < 1.29 is 4.79 Å². The zero-order valence-electron chi connectivity index (χ0n) is 17.0. The van der Waals surface area contributed by atoms with Crippen molar-refractivity contribution in [3.8, 4) is 0 Å². The van der Waals surface area contributed by atoms with Gasteiger partial charge in [-0.3, -0.25) is 19.1 Å². The van der Waals surface area contributed by atoms with Crippen LogP contribution in [0.2, 0.25) is 0 Å². The summed E-state index contributed by atoms with van der Waals surface area (Å²) in [5, 5.41) is 1.63. The molecule has 2 aliphatic heterocycles. The number of carbonyl (C=O) groups is 1. The van der Waals surface area contributed by atoms with Crippen molar-refractivity contribution in [3.63, 3.8) is 0 Å². The molecule has 1 amide bonds. The summed E-state index contributed by atoms with van der Waals surface area (Å²) in [5.74, 6) is 2.45. The molecule has 4 unspecified atom stereocenters. The molecule has 0 spiro atoms. The summed E-state index contributed by atoms with van der Waals surface area (Å²) in [4.78, 5) is 33.6. The molecular formula is C23H27N3O2S2. The Labute approximate surface area is 184 Å². The van der Waals surface area contributed by atoms with Gasteiger partial charge in [-0.15, -0.1) is 11.8 Å². The van der Waals surface area contributed by atoms with Gasteiger partial charge in [0.05, 0.1) is 5.03 Å². The second-order valence-electron chi connectivity index (χ2n) is 9.32. The van der Waals surface area contributed by atoms with Gasteiger partial charge >= 0.3 is 4.87 Å². The number of thiazole rings is 1. The van der Waals surface area contributed by atoms with Crippen LogP contribution in [0, 0.1) is 17.8 Å². The Morgan fingerprint density at radius 2 is 2.00 bits per heavy atom. The van der Waals surface area contributed by atoms with E-state index in [0.717, 1.165) is 42.8 Å². The topological polar surface area (TPSA) is 55.2 Å². The number of nitrogens with zero attached hydrogens (tertiary/aromatic N) is 3. The van der Waals surface area contributed by atoms with E-state index in [0.29, 0.717) is 11.2 Å². The summed E-state index contributed by atoms with van der Waals surface area (Å²) < 4.78 is 1.80.